The molecule has 2 rings (SSSR count). The van der Waals surface area contributed by atoms with Crippen LogP contribution < -0.4 is 5.32 Å². The first-order valence-corrected chi connectivity index (χ1v) is 7.65. The molecule has 1 N–H and O–H groups in total. The van der Waals surface area contributed by atoms with Crippen molar-refractivity contribution in [3.63, 3.8) is 0 Å². The average Bonchev–Trinajstić information content (AvgIpc) is 2.79. The van der Waals surface area contributed by atoms with Crippen LogP contribution in [0.3, 0.4) is 0 Å². The Morgan fingerprint density at radius 2 is 1.73 bits per heavy atom. The van der Waals surface area contributed by atoms with Crippen molar-refractivity contribution in [2.45, 2.75) is 26.3 Å². The first-order chi connectivity index (χ1) is 10.6. The van der Waals surface area contributed by atoms with Gasteiger partial charge in [0.1, 0.15) is 5.82 Å². The van der Waals surface area contributed by atoms with Crippen molar-refractivity contribution in [3.05, 3.63) is 35.6 Å². The zero-order valence-corrected chi connectivity index (χ0v) is 12.8. The molecule has 1 fully saturated rings. The first-order valence-electron chi connectivity index (χ1n) is 7.65. The van der Waals surface area contributed by atoms with Gasteiger partial charge in [-0.15, -0.1) is 0 Å². The van der Waals surface area contributed by atoms with E-state index in [2.05, 4.69) is 5.32 Å². The molecule has 1 heterocycles. The molecule has 0 aliphatic carbocycles. The summed E-state index contributed by atoms with van der Waals surface area (Å²) < 4.78 is 12.8. The topological polar surface area (TPSA) is 52.7 Å². The molecule has 1 aliphatic heterocycles. The lowest BCUT2D eigenvalue weighted by Crippen LogP contribution is -2.42. The molecule has 0 atom stereocenters. The maximum Gasteiger partial charge on any atom is 0.317 e. The molecule has 3 amide bonds. The van der Waals surface area contributed by atoms with Gasteiger partial charge in [-0.2, -0.15) is 0 Å². The van der Waals surface area contributed by atoms with E-state index in [9.17, 15) is 14.0 Å². The van der Waals surface area contributed by atoms with Crippen LogP contribution in [-0.2, 0) is 11.3 Å². The van der Waals surface area contributed by atoms with Gasteiger partial charge in [-0.25, -0.2) is 9.18 Å². The molecule has 0 saturated carbocycles. The van der Waals surface area contributed by atoms with Crippen LogP contribution in [0.5, 0.6) is 0 Å². The second-order valence-electron chi connectivity index (χ2n) is 5.36. The zero-order chi connectivity index (χ0) is 15.9. The smallest absolute Gasteiger partial charge is 0.317 e. The minimum atomic E-state index is -0.289. The predicted molar refractivity (Wildman–Crippen MR) is 81.7 cm³/mol. The number of nitrogens with zero attached hydrogens (tertiary/aromatic N) is 2. The van der Waals surface area contributed by atoms with Crippen LogP contribution >= 0.6 is 0 Å². The second-order valence-corrected chi connectivity index (χ2v) is 5.36. The third-order valence-electron chi connectivity index (χ3n) is 3.80. The summed E-state index contributed by atoms with van der Waals surface area (Å²) in [6.07, 6.45) is 1.28. The summed E-state index contributed by atoms with van der Waals surface area (Å²) in [7, 11) is 0. The van der Waals surface area contributed by atoms with Crippen molar-refractivity contribution in [1.29, 1.82) is 0 Å². The Labute approximate surface area is 130 Å². The minimum absolute atomic E-state index is 0.133. The van der Waals surface area contributed by atoms with Gasteiger partial charge in [0.15, 0.2) is 0 Å². The molecule has 1 aromatic rings. The van der Waals surface area contributed by atoms with Crippen molar-refractivity contribution >= 4 is 11.9 Å². The van der Waals surface area contributed by atoms with Gasteiger partial charge in [-0.05, 0) is 24.1 Å². The Balaban J connectivity index is 1.82. The van der Waals surface area contributed by atoms with E-state index < -0.39 is 0 Å². The van der Waals surface area contributed by atoms with Crippen molar-refractivity contribution in [2.75, 3.05) is 26.2 Å². The van der Waals surface area contributed by atoms with Crippen LogP contribution in [0, 0.1) is 5.82 Å². The lowest BCUT2D eigenvalue weighted by atomic mass is 10.2. The van der Waals surface area contributed by atoms with Gasteiger partial charge in [0.05, 0.1) is 0 Å². The molecule has 1 aromatic carbocycles. The van der Waals surface area contributed by atoms with E-state index in [0.717, 1.165) is 12.0 Å². The van der Waals surface area contributed by atoms with Crippen molar-refractivity contribution in [3.8, 4) is 0 Å². The summed E-state index contributed by atoms with van der Waals surface area (Å²) in [6.45, 7) is 4.68. The Morgan fingerprint density at radius 1 is 1.09 bits per heavy atom. The van der Waals surface area contributed by atoms with E-state index in [1.807, 2.05) is 11.8 Å². The largest absolute Gasteiger partial charge is 0.341 e. The summed E-state index contributed by atoms with van der Waals surface area (Å²) in [5, 5.41) is 2.84. The Morgan fingerprint density at radius 3 is 2.41 bits per heavy atom. The molecule has 1 aliphatic rings. The van der Waals surface area contributed by atoms with Crippen LogP contribution in [0.4, 0.5) is 9.18 Å². The average molecular weight is 307 g/mol. The summed E-state index contributed by atoms with van der Waals surface area (Å²) in [5.74, 6) is -0.156. The van der Waals surface area contributed by atoms with Crippen molar-refractivity contribution in [1.82, 2.24) is 15.1 Å². The highest BCUT2D eigenvalue weighted by Crippen LogP contribution is 2.06. The number of nitrogens with one attached hydrogen (secondary N) is 1. The molecule has 0 spiro atoms. The molecular formula is C16H22FN3O2. The SMILES string of the molecule is CCC(=O)N1CCCN(C(=O)NCc2ccc(F)cc2)CC1. The van der Waals surface area contributed by atoms with Crippen LogP contribution in [0.1, 0.15) is 25.3 Å². The maximum absolute atomic E-state index is 12.8. The fraction of sp³-hybridized carbons (Fsp3) is 0.500. The van der Waals surface area contributed by atoms with E-state index in [1.165, 1.54) is 12.1 Å². The van der Waals surface area contributed by atoms with E-state index in [-0.39, 0.29) is 17.8 Å². The Hall–Kier alpha value is -2.11. The lowest BCUT2D eigenvalue weighted by Gasteiger charge is -2.22. The highest BCUT2D eigenvalue weighted by molar-refractivity contribution is 5.76. The third kappa shape index (κ3) is 4.44. The highest BCUT2D eigenvalue weighted by Gasteiger charge is 2.20. The van der Waals surface area contributed by atoms with Crippen LogP contribution in [0.2, 0.25) is 0 Å². The maximum atomic E-state index is 12.8. The van der Waals surface area contributed by atoms with Gasteiger partial charge < -0.3 is 15.1 Å². The number of amides is 3. The molecule has 1 saturated heterocycles. The molecule has 120 valence electrons. The van der Waals surface area contributed by atoms with Crippen LogP contribution in [-0.4, -0.2) is 47.9 Å². The van der Waals surface area contributed by atoms with Gasteiger partial charge in [-0.3, -0.25) is 4.79 Å². The van der Waals surface area contributed by atoms with E-state index in [1.54, 1.807) is 17.0 Å². The van der Waals surface area contributed by atoms with Gasteiger partial charge in [0.2, 0.25) is 5.91 Å². The normalized spacial score (nSPS) is 15.4. The Kier molecular flexibility index (Phi) is 5.75. The molecule has 5 nitrogen and oxygen atoms in total. The number of hydrogen-bond acceptors (Lipinski definition) is 2. The number of carbonyl (C=O) groups excluding carboxylic acids is 2. The fourth-order valence-electron chi connectivity index (χ4n) is 2.49. The summed E-state index contributed by atoms with van der Waals surface area (Å²) in [6, 6.07) is 5.91. The standard InChI is InChI=1S/C16H22FN3O2/c1-2-15(21)19-8-3-9-20(11-10-19)16(22)18-12-13-4-6-14(17)7-5-13/h4-7H,2-3,8-12H2,1H3,(H,18,22). The summed E-state index contributed by atoms with van der Waals surface area (Å²) >= 11 is 0. The fourth-order valence-corrected chi connectivity index (χ4v) is 2.49. The van der Waals surface area contributed by atoms with E-state index >= 15 is 0 Å². The molecule has 0 radical (unpaired) electrons. The highest BCUT2D eigenvalue weighted by atomic mass is 19.1. The monoisotopic (exact) mass is 307 g/mol. The van der Waals surface area contributed by atoms with Crippen LogP contribution in [0.25, 0.3) is 0 Å². The van der Waals surface area contributed by atoms with Crippen LogP contribution in [0.15, 0.2) is 24.3 Å². The van der Waals surface area contributed by atoms with Crippen molar-refractivity contribution < 1.29 is 14.0 Å². The quantitative estimate of drug-likeness (QED) is 0.928. The number of carbonyl (C=O) groups is 2. The van der Waals surface area contributed by atoms with Gasteiger partial charge in [0, 0.05) is 39.1 Å². The third-order valence-corrected chi connectivity index (χ3v) is 3.80. The Bertz CT molecular complexity index is 519. The lowest BCUT2D eigenvalue weighted by molar-refractivity contribution is -0.130. The van der Waals surface area contributed by atoms with Gasteiger partial charge in [0.25, 0.3) is 0 Å². The predicted octanol–water partition coefficient (Wildman–Crippen LogP) is 1.98. The molecular weight excluding hydrogens is 285 g/mol. The number of urea groups is 1. The van der Waals surface area contributed by atoms with Crippen molar-refractivity contribution in [2.24, 2.45) is 0 Å². The van der Waals surface area contributed by atoms with E-state index in [4.69, 9.17) is 0 Å². The second kappa shape index (κ2) is 7.77. The zero-order valence-electron chi connectivity index (χ0n) is 12.8. The number of benzene rings is 1. The molecule has 0 bridgehead atoms. The van der Waals surface area contributed by atoms with Gasteiger partial charge >= 0.3 is 6.03 Å². The molecule has 22 heavy (non-hydrogen) atoms. The first kappa shape index (κ1) is 16.3. The number of halogens is 1. The minimum Gasteiger partial charge on any atom is -0.341 e. The number of rotatable bonds is 3. The van der Waals surface area contributed by atoms with Gasteiger partial charge in [-0.1, -0.05) is 19.1 Å². The molecule has 6 heteroatoms. The molecule has 0 aromatic heterocycles. The number of hydrogen-bond donors (Lipinski definition) is 1. The van der Waals surface area contributed by atoms with E-state index in [0.29, 0.717) is 39.1 Å². The summed E-state index contributed by atoms with van der Waals surface area (Å²) in [4.78, 5) is 27.4. The molecule has 0 unspecified atom stereocenters. The summed E-state index contributed by atoms with van der Waals surface area (Å²) in [5.41, 5.74) is 0.854.